The van der Waals surface area contributed by atoms with Crippen molar-refractivity contribution in [3.63, 3.8) is 0 Å². The van der Waals surface area contributed by atoms with Gasteiger partial charge in [-0.3, -0.25) is 4.55 Å². The molecular weight excluding hydrogens is 300 g/mol. The fourth-order valence-electron chi connectivity index (χ4n) is 2.86. The second-order valence-corrected chi connectivity index (χ2v) is 6.90. The van der Waals surface area contributed by atoms with Crippen LogP contribution >= 0.6 is 0 Å². The van der Waals surface area contributed by atoms with Gasteiger partial charge in [-0.1, -0.05) is 6.07 Å². The molecule has 0 radical (unpaired) electrons. The van der Waals surface area contributed by atoms with Crippen LogP contribution in [0.3, 0.4) is 0 Å². The Labute approximate surface area is 130 Å². The summed E-state index contributed by atoms with van der Waals surface area (Å²) in [6, 6.07) is 5.44. The summed E-state index contributed by atoms with van der Waals surface area (Å²) in [4.78, 5) is -0.221. The summed E-state index contributed by atoms with van der Waals surface area (Å²) < 4.78 is 33.0. The predicted molar refractivity (Wildman–Crippen MR) is 89.5 cm³/mol. The van der Waals surface area contributed by atoms with Gasteiger partial charge in [0.15, 0.2) is 0 Å². The van der Waals surface area contributed by atoms with Crippen LogP contribution in [0, 0.1) is 27.7 Å². The largest absolute Gasteiger partial charge is 0.399 e. The van der Waals surface area contributed by atoms with E-state index in [1.54, 1.807) is 19.9 Å². The minimum atomic E-state index is -4.40. The summed E-state index contributed by atoms with van der Waals surface area (Å²) in [5.74, 6) is 0. The highest BCUT2D eigenvalue weighted by Gasteiger charge is 2.24. The molecule has 5 nitrogen and oxygen atoms in total. The van der Waals surface area contributed by atoms with Crippen LogP contribution in [0.2, 0.25) is 0 Å². The van der Waals surface area contributed by atoms with E-state index in [1.807, 2.05) is 26.0 Å². The molecule has 0 atom stereocenters. The maximum absolute atomic E-state index is 11.7. The van der Waals surface area contributed by atoms with E-state index in [1.165, 1.54) is 0 Å². The maximum atomic E-state index is 11.7. The number of hydrogen-bond donors (Lipinski definition) is 3. The topological polar surface area (TPSA) is 106 Å². The average Bonchev–Trinajstić information content (AvgIpc) is 2.37. The third-order valence-corrected chi connectivity index (χ3v) is 5.12. The van der Waals surface area contributed by atoms with Crippen molar-refractivity contribution in [2.24, 2.45) is 0 Å². The van der Waals surface area contributed by atoms with E-state index in [2.05, 4.69) is 0 Å². The lowest BCUT2D eigenvalue weighted by molar-refractivity contribution is 0.483. The van der Waals surface area contributed by atoms with Gasteiger partial charge < -0.3 is 11.5 Å². The van der Waals surface area contributed by atoms with E-state index in [4.69, 9.17) is 11.5 Å². The molecule has 0 amide bonds. The second-order valence-electron chi connectivity index (χ2n) is 5.54. The van der Waals surface area contributed by atoms with Crippen molar-refractivity contribution < 1.29 is 13.0 Å². The Kier molecular flexibility index (Phi) is 3.93. The van der Waals surface area contributed by atoms with Gasteiger partial charge in [-0.2, -0.15) is 8.42 Å². The van der Waals surface area contributed by atoms with Gasteiger partial charge >= 0.3 is 0 Å². The van der Waals surface area contributed by atoms with Crippen LogP contribution in [0.15, 0.2) is 23.1 Å². The third-order valence-electron chi connectivity index (χ3n) is 4.08. The summed E-state index contributed by atoms with van der Waals surface area (Å²) in [7, 11) is -4.40. The van der Waals surface area contributed by atoms with Crippen LogP contribution < -0.4 is 11.5 Å². The first-order valence-electron chi connectivity index (χ1n) is 6.79. The first-order chi connectivity index (χ1) is 10.1. The van der Waals surface area contributed by atoms with Gasteiger partial charge in [0, 0.05) is 5.69 Å². The molecule has 0 aliphatic heterocycles. The van der Waals surface area contributed by atoms with Crippen molar-refractivity contribution in [2.75, 3.05) is 11.5 Å². The van der Waals surface area contributed by atoms with Gasteiger partial charge in [0.05, 0.1) is 5.69 Å². The molecule has 5 N–H and O–H groups in total. The molecule has 2 aromatic rings. The van der Waals surface area contributed by atoms with Crippen LogP contribution in [0.5, 0.6) is 0 Å². The van der Waals surface area contributed by atoms with Crippen LogP contribution in [0.1, 0.15) is 22.3 Å². The second kappa shape index (κ2) is 5.30. The molecule has 6 heteroatoms. The van der Waals surface area contributed by atoms with Crippen molar-refractivity contribution in [3.8, 4) is 11.1 Å². The van der Waals surface area contributed by atoms with Crippen LogP contribution in [0.25, 0.3) is 11.1 Å². The fourth-order valence-corrected chi connectivity index (χ4v) is 3.78. The lowest BCUT2D eigenvalue weighted by atomic mass is 9.89. The molecule has 0 aliphatic rings. The van der Waals surface area contributed by atoms with Gasteiger partial charge in [-0.25, -0.2) is 0 Å². The van der Waals surface area contributed by atoms with Gasteiger partial charge in [-0.05, 0) is 73.2 Å². The summed E-state index contributed by atoms with van der Waals surface area (Å²) in [5, 5.41) is 0. The third kappa shape index (κ3) is 2.55. The Hall–Kier alpha value is -2.05. The minimum Gasteiger partial charge on any atom is -0.399 e. The molecule has 2 rings (SSSR count). The number of benzene rings is 2. The molecule has 0 saturated heterocycles. The van der Waals surface area contributed by atoms with Crippen molar-refractivity contribution in [1.29, 1.82) is 0 Å². The van der Waals surface area contributed by atoms with Crippen molar-refractivity contribution in [2.45, 2.75) is 32.6 Å². The number of aryl methyl sites for hydroxylation is 1. The van der Waals surface area contributed by atoms with Gasteiger partial charge in [0.2, 0.25) is 0 Å². The molecule has 0 aliphatic carbocycles. The standard InChI is InChI=1S/C16H20N2O3S/c1-8-7-12(17)5-6-13(8)14-9(2)10(3)15(18)16(11(14)4)22(19,20)21/h5-7H,17-18H2,1-4H3,(H,19,20,21). The monoisotopic (exact) mass is 320 g/mol. The zero-order chi connectivity index (χ0) is 16.8. The van der Waals surface area contributed by atoms with E-state index in [9.17, 15) is 13.0 Å². The van der Waals surface area contributed by atoms with E-state index < -0.39 is 10.1 Å². The van der Waals surface area contributed by atoms with Gasteiger partial charge in [-0.15, -0.1) is 0 Å². The number of hydrogen-bond acceptors (Lipinski definition) is 4. The SMILES string of the molecule is Cc1cc(N)ccc1-c1c(C)c(C)c(N)c(S(=O)(=O)O)c1C. The van der Waals surface area contributed by atoms with Crippen LogP contribution in [0.4, 0.5) is 11.4 Å². The number of rotatable bonds is 2. The lowest BCUT2D eigenvalue weighted by Gasteiger charge is -2.20. The minimum absolute atomic E-state index is 0.0920. The quantitative estimate of drug-likeness (QED) is 0.582. The molecule has 0 fully saturated rings. The van der Waals surface area contributed by atoms with Crippen molar-refractivity contribution >= 4 is 21.5 Å². The zero-order valence-corrected chi connectivity index (χ0v) is 13.9. The fraction of sp³-hybridized carbons (Fsp3) is 0.250. The van der Waals surface area contributed by atoms with Crippen molar-refractivity contribution in [3.05, 3.63) is 40.5 Å². The van der Waals surface area contributed by atoms with Crippen LogP contribution in [-0.4, -0.2) is 13.0 Å². The van der Waals surface area contributed by atoms with Crippen molar-refractivity contribution in [1.82, 2.24) is 0 Å². The van der Waals surface area contributed by atoms with Gasteiger partial charge in [0.25, 0.3) is 10.1 Å². The van der Waals surface area contributed by atoms with Gasteiger partial charge in [0.1, 0.15) is 4.90 Å². The molecule has 0 saturated carbocycles. The van der Waals surface area contributed by atoms with E-state index in [0.29, 0.717) is 16.8 Å². The predicted octanol–water partition coefficient (Wildman–Crippen LogP) is 3.00. The molecule has 118 valence electrons. The Balaban J connectivity index is 2.97. The summed E-state index contributed by atoms with van der Waals surface area (Å²) in [5.41, 5.74) is 17.0. The highest BCUT2D eigenvalue weighted by atomic mass is 32.2. The first-order valence-corrected chi connectivity index (χ1v) is 8.23. The molecule has 0 aromatic heterocycles. The smallest absolute Gasteiger partial charge is 0.296 e. The molecule has 2 aromatic carbocycles. The van der Waals surface area contributed by atoms with E-state index in [-0.39, 0.29) is 10.6 Å². The molecule has 0 heterocycles. The summed E-state index contributed by atoms with van der Waals surface area (Å²) in [6.07, 6.45) is 0. The summed E-state index contributed by atoms with van der Waals surface area (Å²) >= 11 is 0. The highest BCUT2D eigenvalue weighted by molar-refractivity contribution is 7.86. The zero-order valence-electron chi connectivity index (χ0n) is 13.1. The molecule has 0 spiro atoms. The molecule has 0 unspecified atom stereocenters. The lowest BCUT2D eigenvalue weighted by Crippen LogP contribution is -2.10. The summed E-state index contributed by atoms with van der Waals surface area (Å²) in [6.45, 7) is 7.19. The number of nitrogens with two attached hydrogens (primary N) is 2. The van der Waals surface area contributed by atoms with E-state index >= 15 is 0 Å². The Morgan fingerprint density at radius 2 is 1.55 bits per heavy atom. The maximum Gasteiger partial charge on any atom is 0.296 e. The highest BCUT2D eigenvalue weighted by Crippen LogP contribution is 2.39. The molecular formula is C16H20N2O3S. The Morgan fingerprint density at radius 3 is 2.05 bits per heavy atom. The number of anilines is 2. The van der Waals surface area contributed by atoms with E-state index in [0.717, 1.165) is 22.3 Å². The Morgan fingerprint density at radius 1 is 0.955 bits per heavy atom. The molecule has 0 bridgehead atoms. The first kappa shape index (κ1) is 16.3. The van der Waals surface area contributed by atoms with Crippen LogP contribution in [-0.2, 0) is 10.1 Å². The number of nitrogen functional groups attached to an aromatic ring is 2. The average molecular weight is 320 g/mol. The molecule has 22 heavy (non-hydrogen) atoms. The Bertz CT molecular complexity index is 872. The normalized spacial score (nSPS) is 11.7.